The molecule has 2 rings (SSSR count). The summed E-state index contributed by atoms with van der Waals surface area (Å²) in [7, 11) is 3.31. The van der Waals surface area contributed by atoms with Crippen LogP contribution in [0.3, 0.4) is 0 Å². The summed E-state index contributed by atoms with van der Waals surface area (Å²) in [5.74, 6) is 1.64. The number of hydrogen-bond donors (Lipinski definition) is 0. The van der Waals surface area contributed by atoms with Gasteiger partial charge in [0.2, 0.25) is 0 Å². The van der Waals surface area contributed by atoms with Crippen LogP contribution in [0.2, 0.25) is 0 Å². The van der Waals surface area contributed by atoms with Crippen molar-refractivity contribution in [3.63, 3.8) is 0 Å². The van der Waals surface area contributed by atoms with Gasteiger partial charge in [-0.2, -0.15) is 0 Å². The molecule has 0 saturated carbocycles. The van der Waals surface area contributed by atoms with Gasteiger partial charge in [0.1, 0.15) is 11.5 Å². The maximum Gasteiger partial charge on any atom is 0.119 e. The van der Waals surface area contributed by atoms with Gasteiger partial charge in [0.15, 0.2) is 0 Å². The molecule has 2 aromatic carbocycles. The minimum atomic E-state index is -0.367. The molecule has 0 saturated heterocycles. The van der Waals surface area contributed by atoms with E-state index in [0.29, 0.717) is 0 Å². The Morgan fingerprint density at radius 1 is 1.00 bits per heavy atom. The zero-order chi connectivity index (χ0) is 16.0. The van der Waals surface area contributed by atoms with Gasteiger partial charge in [-0.15, -0.1) is 6.58 Å². The van der Waals surface area contributed by atoms with Crippen LogP contribution in [0, 0.1) is 0 Å². The van der Waals surface area contributed by atoms with E-state index in [1.807, 2.05) is 60.8 Å². The van der Waals surface area contributed by atoms with E-state index in [1.165, 1.54) is 0 Å². The van der Waals surface area contributed by atoms with Crippen LogP contribution in [0.4, 0.5) is 5.69 Å². The lowest BCUT2D eigenvalue weighted by atomic mass is 9.84. The third-order valence-corrected chi connectivity index (χ3v) is 3.67. The topological polar surface area (TPSA) is 30.8 Å². The van der Waals surface area contributed by atoms with Crippen LogP contribution in [0.15, 0.2) is 66.2 Å². The smallest absolute Gasteiger partial charge is 0.119 e. The van der Waals surface area contributed by atoms with Gasteiger partial charge in [-0.1, -0.05) is 18.2 Å². The first-order valence-electron chi connectivity index (χ1n) is 7.08. The molecular formula is C19H21NO2. The van der Waals surface area contributed by atoms with Crippen molar-refractivity contribution in [3.05, 3.63) is 66.7 Å². The second kappa shape index (κ2) is 6.94. The fourth-order valence-electron chi connectivity index (χ4n) is 2.08. The summed E-state index contributed by atoms with van der Waals surface area (Å²) in [6.07, 6.45) is 3.78. The zero-order valence-corrected chi connectivity index (χ0v) is 13.2. The molecule has 0 N–H and O–H groups in total. The maximum absolute atomic E-state index is 5.29. The van der Waals surface area contributed by atoms with Crippen molar-refractivity contribution >= 4 is 11.9 Å². The van der Waals surface area contributed by atoms with Gasteiger partial charge < -0.3 is 9.47 Å². The molecule has 0 radical (unpaired) electrons. The Balaban J connectivity index is 2.28. The molecule has 22 heavy (non-hydrogen) atoms. The summed E-state index contributed by atoms with van der Waals surface area (Å²) in [6.45, 7) is 6.02. The van der Waals surface area contributed by atoms with Gasteiger partial charge in [-0.3, -0.25) is 4.99 Å². The molecule has 2 aromatic rings. The molecule has 0 bridgehead atoms. The van der Waals surface area contributed by atoms with Crippen LogP contribution in [0.5, 0.6) is 11.5 Å². The summed E-state index contributed by atoms with van der Waals surface area (Å²) >= 11 is 0. The van der Waals surface area contributed by atoms with E-state index < -0.39 is 0 Å². The van der Waals surface area contributed by atoms with E-state index in [4.69, 9.17) is 9.47 Å². The van der Waals surface area contributed by atoms with E-state index in [-0.39, 0.29) is 5.41 Å². The Morgan fingerprint density at radius 3 is 2.27 bits per heavy atom. The van der Waals surface area contributed by atoms with Crippen molar-refractivity contribution in [1.29, 1.82) is 0 Å². The predicted molar refractivity (Wildman–Crippen MR) is 91.7 cm³/mol. The highest BCUT2D eigenvalue weighted by Gasteiger charge is 2.21. The summed E-state index contributed by atoms with van der Waals surface area (Å²) in [5, 5.41) is 0. The zero-order valence-electron chi connectivity index (χ0n) is 13.2. The predicted octanol–water partition coefficient (Wildman–Crippen LogP) is 4.55. The van der Waals surface area contributed by atoms with Crippen molar-refractivity contribution in [1.82, 2.24) is 0 Å². The van der Waals surface area contributed by atoms with Crippen molar-refractivity contribution in [2.75, 3.05) is 14.2 Å². The molecule has 0 aromatic heterocycles. The number of methoxy groups -OCH3 is 2. The van der Waals surface area contributed by atoms with Crippen LogP contribution >= 0.6 is 0 Å². The monoisotopic (exact) mass is 295 g/mol. The molecule has 3 heteroatoms. The molecule has 3 nitrogen and oxygen atoms in total. The van der Waals surface area contributed by atoms with E-state index in [9.17, 15) is 0 Å². The van der Waals surface area contributed by atoms with Crippen molar-refractivity contribution in [3.8, 4) is 11.5 Å². The van der Waals surface area contributed by atoms with Crippen LogP contribution in [-0.2, 0) is 5.41 Å². The molecule has 0 amide bonds. The molecule has 0 aliphatic rings. The average molecular weight is 295 g/mol. The Labute approximate surface area is 131 Å². The highest BCUT2D eigenvalue weighted by atomic mass is 16.5. The van der Waals surface area contributed by atoms with Crippen LogP contribution < -0.4 is 9.47 Å². The molecule has 0 aliphatic heterocycles. The normalized spacial score (nSPS) is 13.6. The lowest BCUT2D eigenvalue weighted by molar-refractivity contribution is 0.414. The Morgan fingerprint density at radius 2 is 1.68 bits per heavy atom. The molecule has 0 unspecified atom stereocenters. The first kappa shape index (κ1) is 15.8. The number of aliphatic imine (C=N–C) groups is 1. The van der Waals surface area contributed by atoms with E-state index >= 15 is 0 Å². The third kappa shape index (κ3) is 3.55. The quantitative estimate of drug-likeness (QED) is 0.578. The lowest BCUT2D eigenvalue weighted by Crippen LogP contribution is -2.20. The van der Waals surface area contributed by atoms with E-state index in [1.54, 1.807) is 14.2 Å². The van der Waals surface area contributed by atoms with Gasteiger partial charge in [0.05, 0.1) is 19.9 Å². The van der Waals surface area contributed by atoms with Gasteiger partial charge in [-0.25, -0.2) is 0 Å². The number of benzene rings is 2. The second-order valence-electron chi connectivity index (χ2n) is 5.17. The summed E-state index contributed by atoms with van der Waals surface area (Å²) in [4.78, 5) is 4.56. The average Bonchev–Trinajstić information content (AvgIpc) is 2.60. The van der Waals surface area contributed by atoms with Crippen molar-refractivity contribution in [2.24, 2.45) is 4.99 Å². The van der Waals surface area contributed by atoms with Crippen molar-refractivity contribution < 1.29 is 9.47 Å². The summed E-state index contributed by atoms with van der Waals surface area (Å²) < 4.78 is 10.4. The Bertz CT molecular complexity index is 661. The minimum absolute atomic E-state index is 0.367. The standard InChI is InChI=1S/C19H21NO2/c1-5-19(2,15-7-6-8-18(13-15)22-4)14-20-16-9-11-17(21-3)12-10-16/h5-14H,1H2,2-4H3/t19-/m1/s1. The molecule has 0 fully saturated rings. The first-order chi connectivity index (χ1) is 10.6. The maximum atomic E-state index is 5.29. The fraction of sp³-hybridized carbons (Fsp3) is 0.211. The van der Waals surface area contributed by atoms with Gasteiger partial charge in [-0.05, 0) is 48.9 Å². The fourth-order valence-corrected chi connectivity index (χ4v) is 2.08. The highest BCUT2D eigenvalue weighted by Crippen LogP contribution is 2.27. The van der Waals surface area contributed by atoms with Crippen LogP contribution in [0.25, 0.3) is 0 Å². The van der Waals surface area contributed by atoms with Gasteiger partial charge in [0.25, 0.3) is 0 Å². The number of allylic oxidation sites excluding steroid dienone is 1. The first-order valence-corrected chi connectivity index (χ1v) is 7.08. The molecule has 0 spiro atoms. The van der Waals surface area contributed by atoms with Crippen LogP contribution in [-0.4, -0.2) is 20.4 Å². The Kier molecular flexibility index (Phi) is 4.99. The SMILES string of the molecule is C=C[C@](C)(C=Nc1ccc(OC)cc1)c1cccc(OC)c1. The number of hydrogen-bond acceptors (Lipinski definition) is 3. The number of nitrogens with zero attached hydrogens (tertiary/aromatic N) is 1. The van der Waals surface area contributed by atoms with Crippen molar-refractivity contribution in [2.45, 2.75) is 12.3 Å². The highest BCUT2D eigenvalue weighted by molar-refractivity contribution is 5.78. The molecular weight excluding hydrogens is 274 g/mol. The molecule has 0 heterocycles. The van der Waals surface area contributed by atoms with E-state index in [0.717, 1.165) is 22.7 Å². The number of rotatable bonds is 6. The molecule has 114 valence electrons. The van der Waals surface area contributed by atoms with Gasteiger partial charge >= 0.3 is 0 Å². The molecule has 1 atom stereocenters. The third-order valence-electron chi connectivity index (χ3n) is 3.67. The number of ether oxygens (including phenoxy) is 2. The Hall–Kier alpha value is -2.55. The van der Waals surface area contributed by atoms with Gasteiger partial charge in [0, 0.05) is 11.6 Å². The molecule has 0 aliphatic carbocycles. The van der Waals surface area contributed by atoms with Crippen LogP contribution in [0.1, 0.15) is 12.5 Å². The summed E-state index contributed by atoms with van der Waals surface area (Å²) in [6, 6.07) is 15.6. The lowest BCUT2D eigenvalue weighted by Gasteiger charge is -2.21. The second-order valence-corrected chi connectivity index (χ2v) is 5.17. The summed E-state index contributed by atoms with van der Waals surface area (Å²) in [5.41, 5.74) is 1.59. The largest absolute Gasteiger partial charge is 0.497 e. The van der Waals surface area contributed by atoms with E-state index in [2.05, 4.69) is 18.5 Å². The minimum Gasteiger partial charge on any atom is -0.497 e.